The van der Waals surface area contributed by atoms with E-state index in [1.165, 1.54) is 13.0 Å². The van der Waals surface area contributed by atoms with Crippen molar-refractivity contribution < 1.29 is 13.6 Å². The van der Waals surface area contributed by atoms with Crippen LogP contribution >= 0.6 is 15.9 Å². The molecule has 1 heterocycles. The average Bonchev–Trinajstić information content (AvgIpc) is 2.48. The average molecular weight is 373 g/mol. The van der Waals surface area contributed by atoms with Crippen LogP contribution in [0.5, 0.6) is 0 Å². The molecule has 1 aromatic carbocycles. The summed E-state index contributed by atoms with van der Waals surface area (Å²) in [7, 11) is 0. The largest absolute Gasteiger partial charge is 0.331 e. The molecule has 0 atom stereocenters. The second kappa shape index (κ2) is 6.35. The van der Waals surface area contributed by atoms with Gasteiger partial charge in [-0.3, -0.25) is 13.9 Å². The molecule has 0 amide bonds. The molecule has 0 N–H and O–H groups in total. The molecule has 0 aliphatic heterocycles. The maximum atomic E-state index is 13.7. The van der Waals surface area contributed by atoms with Crippen LogP contribution in [-0.2, 0) is 17.9 Å². The number of rotatable bonds is 4. The standard InChI is InChI=1S/C14H11BrF2N2O3/c1-8-12(15)13(21)18(5-6-20)14(22)19(8)7-9-10(16)3-2-4-11(9)17/h2-4,6H,5,7H2,1H3. The van der Waals surface area contributed by atoms with Gasteiger partial charge in [-0.05, 0) is 35.0 Å². The van der Waals surface area contributed by atoms with Crippen molar-refractivity contribution in [2.75, 3.05) is 0 Å². The van der Waals surface area contributed by atoms with Gasteiger partial charge in [0.15, 0.2) is 0 Å². The van der Waals surface area contributed by atoms with Crippen molar-refractivity contribution in [1.29, 1.82) is 0 Å². The Labute approximate surface area is 131 Å². The fourth-order valence-electron chi connectivity index (χ4n) is 2.03. The van der Waals surface area contributed by atoms with Gasteiger partial charge in [-0.2, -0.15) is 0 Å². The van der Waals surface area contributed by atoms with E-state index >= 15 is 0 Å². The minimum absolute atomic E-state index is 0.0608. The van der Waals surface area contributed by atoms with E-state index in [2.05, 4.69) is 15.9 Å². The molecule has 0 aliphatic rings. The number of carbonyl (C=O) groups excluding carboxylic acids is 1. The Bertz CT molecular complexity index is 838. The highest BCUT2D eigenvalue weighted by molar-refractivity contribution is 9.10. The van der Waals surface area contributed by atoms with Crippen LogP contribution in [0.3, 0.4) is 0 Å². The molecule has 0 aliphatic carbocycles. The molecular formula is C14H11BrF2N2O3. The second-order valence-corrected chi connectivity index (χ2v) is 5.34. The highest BCUT2D eigenvalue weighted by Gasteiger charge is 2.17. The van der Waals surface area contributed by atoms with Gasteiger partial charge >= 0.3 is 5.69 Å². The third-order valence-corrected chi connectivity index (χ3v) is 4.17. The summed E-state index contributed by atoms with van der Waals surface area (Å²) in [5.74, 6) is -1.59. The number of aromatic nitrogens is 2. The van der Waals surface area contributed by atoms with E-state index in [1.54, 1.807) is 0 Å². The minimum atomic E-state index is -0.805. The SMILES string of the molecule is Cc1c(Br)c(=O)n(CC=O)c(=O)n1Cc1c(F)cccc1F. The monoisotopic (exact) mass is 372 g/mol. The Balaban J connectivity index is 2.69. The lowest BCUT2D eigenvalue weighted by Crippen LogP contribution is -2.42. The number of hydrogen-bond acceptors (Lipinski definition) is 3. The van der Waals surface area contributed by atoms with Crippen LogP contribution in [0.2, 0.25) is 0 Å². The number of benzene rings is 1. The number of hydrogen-bond donors (Lipinski definition) is 0. The fraction of sp³-hybridized carbons (Fsp3) is 0.214. The minimum Gasteiger partial charge on any atom is -0.301 e. The van der Waals surface area contributed by atoms with Crippen LogP contribution in [0.15, 0.2) is 32.3 Å². The van der Waals surface area contributed by atoms with E-state index < -0.39 is 29.4 Å². The molecule has 0 spiro atoms. The van der Waals surface area contributed by atoms with E-state index in [0.29, 0.717) is 10.9 Å². The molecule has 0 saturated carbocycles. The van der Waals surface area contributed by atoms with Gasteiger partial charge in [0.1, 0.15) is 22.4 Å². The summed E-state index contributed by atoms with van der Waals surface area (Å²) in [6.07, 6.45) is 0.401. The van der Waals surface area contributed by atoms with Crippen LogP contribution in [0, 0.1) is 18.6 Å². The predicted octanol–water partition coefficient (Wildman–Crippen LogP) is 1.61. The number of nitrogens with zero attached hydrogens (tertiary/aromatic N) is 2. The lowest BCUT2D eigenvalue weighted by molar-refractivity contribution is -0.108. The first-order valence-electron chi connectivity index (χ1n) is 6.24. The Morgan fingerprint density at radius 2 is 1.77 bits per heavy atom. The molecule has 5 nitrogen and oxygen atoms in total. The van der Waals surface area contributed by atoms with Crippen LogP contribution in [0.25, 0.3) is 0 Å². The van der Waals surface area contributed by atoms with Gasteiger partial charge < -0.3 is 4.79 Å². The zero-order valence-corrected chi connectivity index (χ0v) is 13.1. The van der Waals surface area contributed by atoms with Crippen molar-refractivity contribution in [2.45, 2.75) is 20.0 Å². The normalized spacial score (nSPS) is 10.7. The van der Waals surface area contributed by atoms with Gasteiger partial charge in [-0.1, -0.05) is 6.07 Å². The van der Waals surface area contributed by atoms with Crippen molar-refractivity contribution in [3.05, 3.63) is 66.4 Å². The number of carbonyl (C=O) groups is 1. The lowest BCUT2D eigenvalue weighted by atomic mass is 10.2. The lowest BCUT2D eigenvalue weighted by Gasteiger charge is -2.14. The Hall–Kier alpha value is -2.09. The predicted molar refractivity (Wildman–Crippen MR) is 78.9 cm³/mol. The van der Waals surface area contributed by atoms with Crippen LogP contribution < -0.4 is 11.2 Å². The zero-order valence-electron chi connectivity index (χ0n) is 11.5. The summed E-state index contributed by atoms with van der Waals surface area (Å²) < 4.78 is 29.3. The van der Waals surface area contributed by atoms with E-state index in [1.807, 2.05) is 0 Å². The quantitative estimate of drug-likeness (QED) is 0.766. The first-order chi connectivity index (χ1) is 10.4. The molecule has 0 fully saturated rings. The summed E-state index contributed by atoms with van der Waals surface area (Å²) in [6.45, 7) is 0.647. The van der Waals surface area contributed by atoms with Crippen LogP contribution in [0.1, 0.15) is 11.3 Å². The van der Waals surface area contributed by atoms with Crippen molar-refractivity contribution in [1.82, 2.24) is 9.13 Å². The van der Waals surface area contributed by atoms with Crippen molar-refractivity contribution in [3.63, 3.8) is 0 Å². The third kappa shape index (κ3) is 2.78. The summed E-state index contributed by atoms with van der Waals surface area (Å²) in [5.41, 5.74) is -1.55. The van der Waals surface area contributed by atoms with Gasteiger partial charge in [0.2, 0.25) is 0 Å². The van der Waals surface area contributed by atoms with Gasteiger partial charge in [-0.25, -0.2) is 13.6 Å². The van der Waals surface area contributed by atoms with Crippen molar-refractivity contribution >= 4 is 22.2 Å². The summed E-state index contributed by atoms with van der Waals surface area (Å²) in [4.78, 5) is 34.8. The fourth-order valence-corrected chi connectivity index (χ4v) is 2.46. The Kier molecular flexibility index (Phi) is 4.70. The van der Waals surface area contributed by atoms with Gasteiger partial charge in [0.25, 0.3) is 5.56 Å². The molecule has 0 radical (unpaired) electrons. The van der Waals surface area contributed by atoms with Crippen LogP contribution in [0.4, 0.5) is 8.78 Å². The molecule has 0 saturated heterocycles. The van der Waals surface area contributed by atoms with Crippen LogP contribution in [-0.4, -0.2) is 15.4 Å². The molecule has 2 aromatic rings. The zero-order chi connectivity index (χ0) is 16.4. The molecule has 0 bridgehead atoms. The smallest absolute Gasteiger partial charge is 0.301 e. The topological polar surface area (TPSA) is 61.1 Å². The molecule has 22 heavy (non-hydrogen) atoms. The maximum absolute atomic E-state index is 13.7. The molecule has 0 unspecified atom stereocenters. The van der Waals surface area contributed by atoms with E-state index in [0.717, 1.165) is 16.7 Å². The molecular weight excluding hydrogens is 362 g/mol. The van der Waals surface area contributed by atoms with Crippen molar-refractivity contribution in [2.24, 2.45) is 0 Å². The van der Waals surface area contributed by atoms with Gasteiger partial charge in [0.05, 0.1) is 13.1 Å². The number of aldehydes is 1. The van der Waals surface area contributed by atoms with E-state index in [9.17, 15) is 23.2 Å². The molecule has 8 heteroatoms. The highest BCUT2D eigenvalue weighted by Crippen LogP contribution is 2.15. The number of halogens is 3. The first-order valence-corrected chi connectivity index (χ1v) is 7.04. The van der Waals surface area contributed by atoms with Gasteiger partial charge in [-0.15, -0.1) is 0 Å². The third-order valence-electron chi connectivity index (χ3n) is 3.25. The first kappa shape index (κ1) is 16.3. The molecule has 1 aromatic heterocycles. The van der Waals surface area contributed by atoms with Gasteiger partial charge in [0, 0.05) is 11.3 Å². The van der Waals surface area contributed by atoms with E-state index in [-0.39, 0.29) is 22.3 Å². The van der Waals surface area contributed by atoms with Crippen molar-refractivity contribution in [3.8, 4) is 0 Å². The maximum Gasteiger partial charge on any atom is 0.331 e. The summed E-state index contributed by atoms with van der Waals surface area (Å²) >= 11 is 3.04. The Morgan fingerprint density at radius 3 is 2.32 bits per heavy atom. The molecule has 116 valence electrons. The molecule has 2 rings (SSSR count). The second-order valence-electron chi connectivity index (χ2n) is 4.55. The summed E-state index contributed by atoms with van der Waals surface area (Å²) in [6, 6.07) is 3.37. The Morgan fingerprint density at radius 1 is 1.18 bits per heavy atom. The highest BCUT2D eigenvalue weighted by atomic mass is 79.9. The summed E-state index contributed by atoms with van der Waals surface area (Å²) in [5, 5.41) is 0. The van der Waals surface area contributed by atoms with E-state index in [4.69, 9.17) is 0 Å².